The van der Waals surface area contributed by atoms with Crippen LogP contribution in [0.1, 0.15) is 27.3 Å². The van der Waals surface area contributed by atoms with Crippen molar-refractivity contribution in [3.05, 3.63) is 41.2 Å². The van der Waals surface area contributed by atoms with Crippen LogP contribution < -0.4 is 0 Å². The van der Waals surface area contributed by atoms with Crippen LogP contribution in [-0.4, -0.2) is 37.6 Å². The lowest BCUT2D eigenvalue weighted by molar-refractivity contribution is 0.0784. The summed E-state index contributed by atoms with van der Waals surface area (Å²) in [5, 5.41) is 4.35. The van der Waals surface area contributed by atoms with Gasteiger partial charge in [-0.2, -0.15) is 5.10 Å². The van der Waals surface area contributed by atoms with Gasteiger partial charge in [0.2, 0.25) is 0 Å². The normalized spacial score (nSPS) is 10.5. The zero-order valence-electron chi connectivity index (χ0n) is 11.6. The minimum absolute atomic E-state index is 0.0942. The molecule has 0 aliphatic heterocycles. The van der Waals surface area contributed by atoms with E-state index in [1.165, 1.54) is 18.7 Å². The quantitative estimate of drug-likeness (QED) is 0.828. The summed E-state index contributed by atoms with van der Waals surface area (Å²) < 4.78 is 1.83. The average molecular weight is 259 g/mol. The molecular weight excluding hydrogens is 242 g/mol. The van der Waals surface area contributed by atoms with Gasteiger partial charge in [-0.1, -0.05) is 0 Å². The van der Waals surface area contributed by atoms with E-state index >= 15 is 0 Å². The highest BCUT2D eigenvalue weighted by Crippen LogP contribution is 2.15. The molecule has 0 aromatic carbocycles. The molecule has 2 aromatic rings. The van der Waals surface area contributed by atoms with Gasteiger partial charge in [0.15, 0.2) is 0 Å². The molecular formula is C13H17N5O. The van der Waals surface area contributed by atoms with Crippen molar-refractivity contribution in [2.45, 2.75) is 20.4 Å². The highest BCUT2D eigenvalue weighted by Gasteiger charge is 2.16. The lowest BCUT2D eigenvalue weighted by atomic mass is 10.2. The molecule has 19 heavy (non-hydrogen) atoms. The Hall–Kier alpha value is -2.24. The number of hydrogen-bond donors (Lipinski definition) is 0. The number of aromatic nitrogens is 4. The molecule has 2 rings (SSSR count). The van der Waals surface area contributed by atoms with Gasteiger partial charge in [-0.3, -0.25) is 9.48 Å². The van der Waals surface area contributed by atoms with Crippen LogP contribution >= 0.6 is 0 Å². The van der Waals surface area contributed by atoms with E-state index in [-0.39, 0.29) is 5.91 Å². The van der Waals surface area contributed by atoms with Crippen LogP contribution in [0.25, 0.3) is 0 Å². The van der Waals surface area contributed by atoms with Crippen LogP contribution in [0.4, 0.5) is 0 Å². The molecule has 2 heterocycles. The molecule has 0 aliphatic rings. The van der Waals surface area contributed by atoms with Gasteiger partial charge in [0, 0.05) is 44.3 Å². The second-order valence-corrected chi connectivity index (χ2v) is 4.56. The van der Waals surface area contributed by atoms with Gasteiger partial charge in [0.05, 0.1) is 11.3 Å². The first-order chi connectivity index (χ1) is 9.00. The second kappa shape index (κ2) is 5.17. The number of nitrogens with zero attached hydrogens (tertiary/aromatic N) is 5. The van der Waals surface area contributed by atoms with E-state index in [9.17, 15) is 4.79 Å². The lowest BCUT2D eigenvalue weighted by Gasteiger charge is -2.17. The van der Waals surface area contributed by atoms with Crippen LogP contribution in [0.3, 0.4) is 0 Å². The molecule has 0 bridgehead atoms. The van der Waals surface area contributed by atoms with Gasteiger partial charge in [-0.15, -0.1) is 0 Å². The molecule has 6 nitrogen and oxygen atoms in total. The second-order valence-electron chi connectivity index (χ2n) is 4.56. The van der Waals surface area contributed by atoms with Crippen molar-refractivity contribution in [3.8, 4) is 0 Å². The maximum absolute atomic E-state index is 12.2. The SMILES string of the molecule is Cc1nn(C)c(C)c1CN(C)C(=O)c1cncnc1. The van der Waals surface area contributed by atoms with E-state index in [4.69, 9.17) is 0 Å². The first kappa shape index (κ1) is 13.2. The third-order valence-corrected chi connectivity index (χ3v) is 3.21. The molecule has 2 aromatic heterocycles. The Balaban J connectivity index is 2.17. The smallest absolute Gasteiger partial charge is 0.257 e. The van der Waals surface area contributed by atoms with Crippen LogP contribution in [0.5, 0.6) is 0 Å². The summed E-state index contributed by atoms with van der Waals surface area (Å²) in [7, 11) is 3.67. The van der Waals surface area contributed by atoms with Gasteiger partial charge in [-0.25, -0.2) is 9.97 Å². The topological polar surface area (TPSA) is 63.9 Å². The molecule has 0 N–H and O–H groups in total. The van der Waals surface area contributed by atoms with Crippen molar-refractivity contribution in [1.29, 1.82) is 0 Å². The summed E-state index contributed by atoms with van der Waals surface area (Å²) in [6.07, 6.45) is 4.45. The number of aryl methyl sites for hydroxylation is 2. The summed E-state index contributed by atoms with van der Waals surface area (Å²) in [5.74, 6) is -0.0942. The molecule has 0 spiro atoms. The zero-order chi connectivity index (χ0) is 14.0. The largest absolute Gasteiger partial charge is 0.337 e. The van der Waals surface area contributed by atoms with Crippen molar-refractivity contribution in [1.82, 2.24) is 24.6 Å². The van der Waals surface area contributed by atoms with E-state index in [1.54, 1.807) is 11.9 Å². The van der Waals surface area contributed by atoms with Crippen molar-refractivity contribution in [2.75, 3.05) is 7.05 Å². The molecule has 0 unspecified atom stereocenters. The van der Waals surface area contributed by atoms with Crippen LogP contribution in [0.15, 0.2) is 18.7 Å². The molecule has 6 heteroatoms. The summed E-state index contributed by atoms with van der Waals surface area (Å²) in [5.41, 5.74) is 3.59. The minimum atomic E-state index is -0.0942. The summed E-state index contributed by atoms with van der Waals surface area (Å²) in [4.78, 5) is 21.6. The highest BCUT2D eigenvalue weighted by atomic mass is 16.2. The van der Waals surface area contributed by atoms with Crippen molar-refractivity contribution in [2.24, 2.45) is 7.05 Å². The minimum Gasteiger partial charge on any atom is -0.337 e. The molecule has 100 valence electrons. The van der Waals surface area contributed by atoms with Crippen LogP contribution in [0.2, 0.25) is 0 Å². The fourth-order valence-electron chi connectivity index (χ4n) is 1.99. The third-order valence-electron chi connectivity index (χ3n) is 3.21. The first-order valence-corrected chi connectivity index (χ1v) is 6.00. The Morgan fingerprint density at radius 3 is 2.47 bits per heavy atom. The first-order valence-electron chi connectivity index (χ1n) is 6.00. The van der Waals surface area contributed by atoms with E-state index in [2.05, 4.69) is 15.1 Å². The monoisotopic (exact) mass is 259 g/mol. The van der Waals surface area contributed by atoms with Gasteiger partial charge >= 0.3 is 0 Å². The predicted molar refractivity (Wildman–Crippen MR) is 70.5 cm³/mol. The van der Waals surface area contributed by atoms with Crippen LogP contribution in [-0.2, 0) is 13.6 Å². The number of carbonyl (C=O) groups excluding carboxylic acids is 1. The van der Waals surface area contributed by atoms with E-state index in [0.717, 1.165) is 17.0 Å². The Kier molecular flexibility index (Phi) is 3.59. The van der Waals surface area contributed by atoms with E-state index in [1.807, 2.05) is 25.6 Å². The standard InChI is InChI=1S/C13H17N5O/c1-9-12(10(2)18(4)16-9)7-17(3)13(19)11-5-14-8-15-6-11/h5-6,8H,7H2,1-4H3. The van der Waals surface area contributed by atoms with Crippen molar-refractivity contribution < 1.29 is 4.79 Å². The fourth-order valence-corrected chi connectivity index (χ4v) is 1.99. The fraction of sp³-hybridized carbons (Fsp3) is 0.385. The Morgan fingerprint density at radius 1 is 1.32 bits per heavy atom. The van der Waals surface area contributed by atoms with Gasteiger partial charge in [0.1, 0.15) is 6.33 Å². The third kappa shape index (κ3) is 2.62. The van der Waals surface area contributed by atoms with Crippen molar-refractivity contribution in [3.63, 3.8) is 0 Å². The summed E-state index contributed by atoms with van der Waals surface area (Å²) in [6, 6.07) is 0. The average Bonchev–Trinajstić information content (AvgIpc) is 2.65. The molecule has 0 radical (unpaired) electrons. The van der Waals surface area contributed by atoms with Gasteiger partial charge < -0.3 is 4.90 Å². The lowest BCUT2D eigenvalue weighted by Crippen LogP contribution is -2.27. The molecule has 0 atom stereocenters. The maximum Gasteiger partial charge on any atom is 0.257 e. The molecule has 0 aliphatic carbocycles. The molecule has 0 saturated carbocycles. The number of carbonyl (C=O) groups is 1. The van der Waals surface area contributed by atoms with E-state index < -0.39 is 0 Å². The summed E-state index contributed by atoms with van der Waals surface area (Å²) in [6.45, 7) is 4.48. The Labute approximate surface area is 112 Å². The van der Waals surface area contributed by atoms with E-state index in [0.29, 0.717) is 12.1 Å². The number of amides is 1. The van der Waals surface area contributed by atoms with Crippen molar-refractivity contribution >= 4 is 5.91 Å². The summed E-state index contributed by atoms with van der Waals surface area (Å²) >= 11 is 0. The van der Waals surface area contributed by atoms with Gasteiger partial charge in [-0.05, 0) is 13.8 Å². The molecule has 1 amide bonds. The Bertz CT molecular complexity index is 591. The zero-order valence-corrected chi connectivity index (χ0v) is 11.6. The van der Waals surface area contributed by atoms with Gasteiger partial charge in [0.25, 0.3) is 5.91 Å². The predicted octanol–water partition coefficient (Wildman–Crippen LogP) is 1.10. The Morgan fingerprint density at radius 2 is 1.95 bits per heavy atom. The molecule has 0 fully saturated rings. The highest BCUT2D eigenvalue weighted by molar-refractivity contribution is 5.93. The molecule has 0 saturated heterocycles. The maximum atomic E-state index is 12.2. The van der Waals surface area contributed by atoms with Crippen LogP contribution in [0, 0.1) is 13.8 Å². The number of hydrogen-bond acceptors (Lipinski definition) is 4. The number of rotatable bonds is 3.